The maximum absolute atomic E-state index is 9.12. The van der Waals surface area contributed by atoms with E-state index in [0.29, 0.717) is 17.1 Å². The van der Waals surface area contributed by atoms with E-state index in [1.165, 1.54) is 0 Å². The minimum Gasteiger partial charge on any atom is -0.508 e. The Morgan fingerprint density at radius 2 is 1.85 bits per heavy atom. The lowest BCUT2D eigenvalue weighted by atomic mass is 10.2. The average Bonchev–Trinajstić information content (AvgIpc) is 2.16. The maximum atomic E-state index is 9.12. The van der Waals surface area contributed by atoms with Crippen LogP contribution in [0.2, 0.25) is 0 Å². The van der Waals surface area contributed by atoms with E-state index in [4.69, 9.17) is 14.6 Å². The van der Waals surface area contributed by atoms with Crippen molar-refractivity contribution in [3.8, 4) is 11.5 Å². The SMILES string of the molecule is C=C(O)c1ccc(OC)c(OC)c1. The van der Waals surface area contributed by atoms with Gasteiger partial charge in [-0.05, 0) is 18.2 Å². The lowest BCUT2D eigenvalue weighted by Gasteiger charge is -2.08. The van der Waals surface area contributed by atoms with Crippen molar-refractivity contribution in [1.82, 2.24) is 0 Å². The Kier molecular flexibility index (Phi) is 2.80. The van der Waals surface area contributed by atoms with Crippen molar-refractivity contribution in [2.75, 3.05) is 14.2 Å². The third kappa shape index (κ3) is 1.93. The van der Waals surface area contributed by atoms with E-state index >= 15 is 0 Å². The van der Waals surface area contributed by atoms with Crippen LogP contribution < -0.4 is 9.47 Å². The zero-order valence-corrected chi connectivity index (χ0v) is 7.70. The highest BCUT2D eigenvalue weighted by atomic mass is 16.5. The molecule has 3 heteroatoms. The molecule has 0 amide bonds. The van der Waals surface area contributed by atoms with Crippen molar-refractivity contribution in [3.63, 3.8) is 0 Å². The number of hydrogen-bond donors (Lipinski definition) is 1. The molecule has 0 aliphatic heterocycles. The van der Waals surface area contributed by atoms with Crippen LogP contribution in [0.5, 0.6) is 11.5 Å². The molecule has 0 unspecified atom stereocenters. The monoisotopic (exact) mass is 180 g/mol. The van der Waals surface area contributed by atoms with Gasteiger partial charge in [-0.15, -0.1) is 0 Å². The van der Waals surface area contributed by atoms with Gasteiger partial charge in [0.1, 0.15) is 5.76 Å². The summed E-state index contributed by atoms with van der Waals surface area (Å²) in [7, 11) is 3.10. The minimum absolute atomic E-state index is 0.0148. The van der Waals surface area contributed by atoms with Crippen LogP contribution in [0.3, 0.4) is 0 Å². The smallest absolute Gasteiger partial charge is 0.161 e. The van der Waals surface area contributed by atoms with E-state index in [1.807, 2.05) is 0 Å². The van der Waals surface area contributed by atoms with Crippen LogP contribution in [-0.4, -0.2) is 19.3 Å². The number of aliphatic hydroxyl groups excluding tert-OH is 1. The minimum atomic E-state index is 0.0148. The van der Waals surface area contributed by atoms with Crippen molar-refractivity contribution in [3.05, 3.63) is 30.3 Å². The van der Waals surface area contributed by atoms with Crippen LogP contribution in [-0.2, 0) is 0 Å². The summed E-state index contributed by atoms with van der Waals surface area (Å²) >= 11 is 0. The molecule has 13 heavy (non-hydrogen) atoms. The molecule has 0 saturated heterocycles. The summed E-state index contributed by atoms with van der Waals surface area (Å²) < 4.78 is 10.1. The van der Waals surface area contributed by atoms with Gasteiger partial charge in [-0.3, -0.25) is 0 Å². The Balaban J connectivity index is 3.13. The van der Waals surface area contributed by atoms with Gasteiger partial charge in [0.15, 0.2) is 11.5 Å². The Bertz CT molecular complexity index is 318. The van der Waals surface area contributed by atoms with E-state index in [0.717, 1.165) is 0 Å². The first-order valence-corrected chi connectivity index (χ1v) is 3.79. The molecular weight excluding hydrogens is 168 g/mol. The van der Waals surface area contributed by atoms with Crippen molar-refractivity contribution >= 4 is 5.76 Å². The predicted octanol–water partition coefficient (Wildman–Crippen LogP) is 2.23. The number of rotatable bonds is 3. The van der Waals surface area contributed by atoms with E-state index in [2.05, 4.69) is 6.58 Å². The summed E-state index contributed by atoms with van der Waals surface area (Å²) in [5.74, 6) is 1.23. The summed E-state index contributed by atoms with van der Waals surface area (Å²) in [5, 5.41) is 9.12. The van der Waals surface area contributed by atoms with Crippen LogP contribution in [0.1, 0.15) is 5.56 Å². The first kappa shape index (κ1) is 9.45. The lowest BCUT2D eigenvalue weighted by molar-refractivity contribution is 0.354. The van der Waals surface area contributed by atoms with Gasteiger partial charge in [-0.2, -0.15) is 0 Å². The first-order chi connectivity index (χ1) is 6.19. The van der Waals surface area contributed by atoms with Gasteiger partial charge in [0.05, 0.1) is 14.2 Å². The molecule has 0 spiro atoms. The lowest BCUT2D eigenvalue weighted by Crippen LogP contribution is -1.91. The fourth-order valence-electron chi connectivity index (χ4n) is 1.02. The number of methoxy groups -OCH3 is 2. The number of ether oxygens (including phenoxy) is 2. The summed E-state index contributed by atoms with van der Waals surface area (Å²) in [6.45, 7) is 3.42. The highest BCUT2D eigenvalue weighted by Gasteiger charge is 2.05. The predicted molar refractivity (Wildman–Crippen MR) is 51.2 cm³/mol. The second-order valence-corrected chi connectivity index (χ2v) is 2.52. The summed E-state index contributed by atoms with van der Waals surface area (Å²) in [6, 6.07) is 5.10. The Morgan fingerprint density at radius 3 is 2.31 bits per heavy atom. The van der Waals surface area contributed by atoms with Crippen molar-refractivity contribution in [2.24, 2.45) is 0 Å². The third-order valence-electron chi connectivity index (χ3n) is 1.72. The molecule has 1 N–H and O–H groups in total. The molecule has 0 radical (unpaired) electrons. The molecule has 0 aliphatic carbocycles. The topological polar surface area (TPSA) is 38.7 Å². The van der Waals surface area contributed by atoms with Crippen LogP contribution in [0, 0.1) is 0 Å². The molecular formula is C10H12O3. The van der Waals surface area contributed by atoms with Gasteiger partial charge in [0.2, 0.25) is 0 Å². The van der Waals surface area contributed by atoms with Crippen molar-refractivity contribution in [1.29, 1.82) is 0 Å². The molecule has 0 atom stereocenters. The zero-order chi connectivity index (χ0) is 9.84. The van der Waals surface area contributed by atoms with E-state index in [9.17, 15) is 0 Å². The van der Waals surface area contributed by atoms with Crippen LogP contribution in [0.25, 0.3) is 5.76 Å². The second-order valence-electron chi connectivity index (χ2n) is 2.52. The fraction of sp³-hybridized carbons (Fsp3) is 0.200. The van der Waals surface area contributed by atoms with E-state index < -0.39 is 0 Å². The molecule has 1 rings (SSSR count). The molecule has 0 heterocycles. The van der Waals surface area contributed by atoms with Gasteiger partial charge in [0.25, 0.3) is 0 Å². The molecule has 0 aliphatic rings. The van der Waals surface area contributed by atoms with Crippen LogP contribution in [0.15, 0.2) is 24.8 Å². The van der Waals surface area contributed by atoms with Gasteiger partial charge >= 0.3 is 0 Å². The quantitative estimate of drug-likeness (QED) is 0.725. The number of hydrogen-bond acceptors (Lipinski definition) is 3. The Morgan fingerprint density at radius 1 is 1.23 bits per heavy atom. The molecule has 1 aromatic rings. The molecule has 3 nitrogen and oxygen atoms in total. The van der Waals surface area contributed by atoms with E-state index in [1.54, 1.807) is 32.4 Å². The molecule has 0 fully saturated rings. The first-order valence-electron chi connectivity index (χ1n) is 3.79. The normalized spacial score (nSPS) is 9.38. The molecule has 1 aromatic carbocycles. The fourth-order valence-corrected chi connectivity index (χ4v) is 1.02. The maximum Gasteiger partial charge on any atom is 0.161 e. The average molecular weight is 180 g/mol. The highest BCUT2D eigenvalue weighted by molar-refractivity contribution is 5.60. The van der Waals surface area contributed by atoms with Crippen LogP contribution in [0.4, 0.5) is 0 Å². The van der Waals surface area contributed by atoms with Gasteiger partial charge < -0.3 is 14.6 Å². The van der Waals surface area contributed by atoms with Crippen LogP contribution >= 0.6 is 0 Å². The van der Waals surface area contributed by atoms with Crippen molar-refractivity contribution in [2.45, 2.75) is 0 Å². The summed E-state index contributed by atoms with van der Waals surface area (Å²) in [4.78, 5) is 0. The molecule has 0 bridgehead atoms. The third-order valence-corrected chi connectivity index (χ3v) is 1.72. The second kappa shape index (κ2) is 3.85. The van der Waals surface area contributed by atoms with Gasteiger partial charge in [-0.25, -0.2) is 0 Å². The standard InChI is InChI=1S/C10H12O3/c1-7(11)8-4-5-9(12-2)10(6-8)13-3/h4-6,11H,1H2,2-3H3. The largest absolute Gasteiger partial charge is 0.508 e. The molecule has 70 valence electrons. The molecule has 0 saturated carbocycles. The van der Waals surface area contributed by atoms with Gasteiger partial charge in [-0.1, -0.05) is 6.58 Å². The summed E-state index contributed by atoms with van der Waals surface area (Å²) in [6.07, 6.45) is 0. The number of aliphatic hydroxyl groups is 1. The molecule has 0 aromatic heterocycles. The Labute approximate surface area is 77.2 Å². The number of benzene rings is 1. The van der Waals surface area contributed by atoms with E-state index in [-0.39, 0.29) is 5.76 Å². The highest BCUT2D eigenvalue weighted by Crippen LogP contribution is 2.29. The van der Waals surface area contributed by atoms with Gasteiger partial charge in [0, 0.05) is 5.56 Å². The zero-order valence-electron chi connectivity index (χ0n) is 7.70. The van der Waals surface area contributed by atoms with Crippen molar-refractivity contribution < 1.29 is 14.6 Å². The Hall–Kier alpha value is -1.64. The summed E-state index contributed by atoms with van der Waals surface area (Å²) in [5.41, 5.74) is 0.623.